The molecule has 2 unspecified atom stereocenters. The summed E-state index contributed by atoms with van der Waals surface area (Å²) in [4.78, 5) is 40.0. The molecule has 9 nitrogen and oxygen atoms in total. The van der Waals surface area contributed by atoms with Crippen molar-refractivity contribution in [3.8, 4) is 0 Å². The topological polar surface area (TPSA) is 120 Å². The van der Waals surface area contributed by atoms with Gasteiger partial charge in [-0.3, -0.25) is 14.7 Å². The number of carboxylic acids is 2. The Bertz CT molecular complexity index is 1230. The average molecular weight is 624 g/mol. The summed E-state index contributed by atoms with van der Waals surface area (Å²) < 4.78 is 83.1. The monoisotopic (exact) mass is 623 g/mol. The highest BCUT2D eigenvalue weighted by Gasteiger charge is 2.57. The number of hydrogen-bond acceptors (Lipinski definition) is 6. The summed E-state index contributed by atoms with van der Waals surface area (Å²) in [5.74, 6) is -5.04. The zero-order chi connectivity index (χ0) is 32.0. The van der Waals surface area contributed by atoms with Gasteiger partial charge in [0.2, 0.25) is 0 Å². The van der Waals surface area contributed by atoms with Crippen LogP contribution in [0.25, 0.3) is 0 Å². The van der Waals surface area contributed by atoms with E-state index in [1.165, 1.54) is 25.0 Å². The van der Waals surface area contributed by atoms with Crippen molar-refractivity contribution in [2.24, 2.45) is 5.92 Å². The number of aromatic nitrogens is 1. The van der Waals surface area contributed by atoms with Gasteiger partial charge in [-0.1, -0.05) is 18.2 Å². The predicted molar refractivity (Wildman–Crippen MR) is 134 cm³/mol. The molecule has 3 fully saturated rings. The van der Waals surface area contributed by atoms with Gasteiger partial charge in [-0.15, -0.1) is 0 Å². The highest BCUT2D eigenvalue weighted by atomic mass is 19.4. The first-order chi connectivity index (χ1) is 20.0. The second kappa shape index (κ2) is 13.7. The number of aliphatic carboxylic acids is 2. The van der Waals surface area contributed by atoms with Crippen molar-refractivity contribution in [2.75, 3.05) is 32.8 Å². The van der Waals surface area contributed by atoms with Gasteiger partial charge in [0, 0.05) is 51.0 Å². The second-order valence-corrected chi connectivity index (χ2v) is 10.2. The number of rotatable bonds is 5. The Kier molecular flexibility index (Phi) is 10.7. The molecule has 236 valence electrons. The fourth-order valence-electron chi connectivity index (χ4n) is 4.76. The van der Waals surface area contributed by atoms with Gasteiger partial charge in [-0.25, -0.2) is 14.0 Å². The highest BCUT2D eigenvalue weighted by molar-refractivity contribution is 5.88. The van der Waals surface area contributed by atoms with Crippen LogP contribution in [0, 0.1) is 11.7 Å². The lowest BCUT2D eigenvalue weighted by atomic mass is 9.83. The van der Waals surface area contributed by atoms with Crippen LogP contribution in [-0.2, 0) is 25.7 Å². The Morgan fingerprint density at radius 2 is 1.58 bits per heavy atom. The fraction of sp³-hybridized carbons (Fsp3) is 0.481. The molecule has 1 saturated carbocycles. The van der Waals surface area contributed by atoms with E-state index in [4.69, 9.17) is 24.5 Å². The number of carbonyl (C=O) groups is 3. The minimum absolute atomic E-state index is 0.0637. The van der Waals surface area contributed by atoms with E-state index < -0.39 is 29.9 Å². The summed E-state index contributed by atoms with van der Waals surface area (Å²) in [5, 5.41) is 14.2. The predicted octanol–water partition coefficient (Wildman–Crippen LogP) is 4.09. The van der Waals surface area contributed by atoms with Crippen molar-refractivity contribution in [2.45, 2.75) is 43.3 Å². The van der Waals surface area contributed by atoms with Gasteiger partial charge in [0.05, 0.1) is 6.61 Å². The van der Waals surface area contributed by atoms with E-state index >= 15 is 0 Å². The van der Waals surface area contributed by atoms with E-state index in [9.17, 15) is 35.5 Å². The lowest BCUT2D eigenvalue weighted by Crippen LogP contribution is -2.60. The van der Waals surface area contributed by atoms with Crippen molar-refractivity contribution in [1.29, 1.82) is 0 Å². The number of amides is 1. The zero-order valence-corrected chi connectivity index (χ0v) is 22.4. The van der Waals surface area contributed by atoms with Gasteiger partial charge in [-0.05, 0) is 48.1 Å². The number of benzene rings is 1. The quantitative estimate of drug-likeness (QED) is 0.478. The molecule has 1 aliphatic carbocycles. The molecule has 1 amide bonds. The van der Waals surface area contributed by atoms with E-state index in [1.807, 2.05) is 35.4 Å². The van der Waals surface area contributed by atoms with Crippen LogP contribution < -0.4 is 0 Å². The van der Waals surface area contributed by atoms with Crippen LogP contribution in [0.1, 0.15) is 29.9 Å². The summed E-state index contributed by atoms with van der Waals surface area (Å²) in [6.45, 7) is 4.02. The number of halogens is 7. The van der Waals surface area contributed by atoms with Crippen molar-refractivity contribution in [3.63, 3.8) is 0 Å². The summed E-state index contributed by atoms with van der Waals surface area (Å²) in [7, 11) is 0. The molecule has 1 aromatic carbocycles. The second-order valence-electron chi connectivity index (χ2n) is 10.2. The molecule has 2 aromatic rings. The first kappa shape index (κ1) is 33.7. The Hall–Kier alpha value is -3.79. The van der Waals surface area contributed by atoms with Crippen molar-refractivity contribution in [3.05, 3.63) is 65.7 Å². The number of alkyl halides is 6. The molecule has 0 bridgehead atoms. The lowest BCUT2D eigenvalue weighted by molar-refractivity contribution is -0.193. The number of hydrogen-bond donors (Lipinski definition) is 2. The average Bonchev–Trinajstić information content (AvgIpc) is 3.68. The van der Waals surface area contributed by atoms with E-state index in [0.29, 0.717) is 38.7 Å². The number of ether oxygens (including phenoxy) is 1. The standard InChI is InChI=1S/C23H26FN3O2.2C2HF3O2/c24-20-7-5-17(6-8-20)13-26-15-21(19-2-1-9-25-12-19)23(16-26)22(28)27(10-11-29-23)14-18-3-4-18;2*3-2(4,5)1(6)7/h1-2,5-9,12,18,21H,3-4,10-11,13-16H2;2*(H,6,7). The highest BCUT2D eigenvalue weighted by Crippen LogP contribution is 2.43. The molecule has 2 aliphatic heterocycles. The van der Waals surface area contributed by atoms with Gasteiger partial charge < -0.3 is 19.8 Å². The molecule has 1 aromatic heterocycles. The van der Waals surface area contributed by atoms with Gasteiger partial charge in [0.1, 0.15) is 5.82 Å². The molecule has 16 heteroatoms. The number of morpholine rings is 1. The van der Waals surface area contributed by atoms with Crippen LogP contribution in [-0.4, -0.2) is 93.6 Å². The van der Waals surface area contributed by atoms with Crippen molar-refractivity contribution in [1.82, 2.24) is 14.8 Å². The van der Waals surface area contributed by atoms with E-state index in [0.717, 1.165) is 17.7 Å². The third-order valence-electron chi connectivity index (χ3n) is 6.90. The molecule has 2 atom stereocenters. The summed E-state index contributed by atoms with van der Waals surface area (Å²) in [5.41, 5.74) is 1.21. The number of likely N-dealkylation sites (tertiary alicyclic amines) is 1. The Morgan fingerprint density at radius 1 is 1.00 bits per heavy atom. The van der Waals surface area contributed by atoms with E-state index in [1.54, 1.807) is 6.20 Å². The molecule has 0 radical (unpaired) electrons. The van der Waals surface area contributed by atoms with Gasteiger partial charge in [0.25, 0.3) is 5.91 Å². The molecule has 1 spiro atoms. The van der Waals surface area contributed by atoms with Gasteiger partial charge in [0.15, 0.2) is 5.60 Å². The number of carboxylic acid groups (broad SMARTS) is 2. The maximum absolute atomic E-state index is 13.6. The molecular weight excluding hydrogens is 595 g/mol. The van der Waals surface area contributed by atoms with Crippen LogP contribution in [0.4, 0.5) is 30.7 Å². The number of pyridine rings is 1. The Morgan fingerprint density at radius 3 is 2.07 bits per heavy atom. The smallest absolute Gasteiger partial charge is 0.475 e. The first-order valence-corrected chi connectivity index (χ1v) is 12.9. The maximum Gasteiger partial charge on any atom is 0.490 e. The van der Waals surface area contributed by atoms with Crippen molar-refractivity contribution >= 4 is 17.8 Å². The van der Waals surface area contributed by atoms with Gasteiger partial charge in [-0.2, -0.15) is 26.3 Å². The minimum atomic E-state index is -5.08. The molecule has 43 heavy (non-hydrogen) atoms. The first-order valence-electron chi connectivity index (χ1n) is 12.9. The van der Waals surface area contributed by atoms with Crippen LogP contribution in [0.15, 0.2) is 48.8 Å². The lowest BCUT2D eigenvalue weighted by Gasteiger charge is -2.42. The third-order valence-corrected chi connectivity index (χ3v) is 6.90. The summed E-state index contributed by atoms with van der Waals surface area (Å²) in [6, 6.07) is 10.5. The molecule has 3 aliphatic rings. The zero-order valence-electron chi connectivity index (χ0n) is 22.4. The minimum Gasteiger partial charge on any atom is -0.475 e. The van der Waals surface area contributed by atoms with Crippen LogP contribution in [0.3, 0.4) is 0 Å². The van der Waals surface area contributed by atoms with Crippen molar-refractivity contribution < 1.29 is 60.1 Å². The normalized spacial score (nSPS) is 22.3. The third kappa shape index (κ3) is 9.35. The maximum atomic E-state index is 13.6. The molecule has 5 rings (SSSR count). The SMILES string of the molecule is O=C(O)C(F)(F)F.O=C(O)C(F)(F)F.O=C1N(CC2CC2)CCOC12CN(Cc1ccc(F)cc1)CC2c1cccnc1. The number of carbonyl (C=O) groups excluding carboxylic acids is 1. The molecule has 2 saturated heterocycles. The largest absolute Gasteiger partial charge is 0.490 e. The summed E-state index contributed by atoms with van der Waals surface area (Å²) >= 11 is 0. The van der Waals surface area contributed by atoms with Gasteiger partial charge >= 0.3 is 24.3 Å². The molecular formula is C27H28F7N3O6. The van der Waals surface area contributed by atoms with Crippen LogP contribution in [0.5, 0.6) is 0 Å². The number of nitrogens with zero attached hydrogens (tertiary/aromatic N) is 3. The van der Waals surface area contributed by atoms with E-state index in [2.05, 4.69) is 9.88 Å². The van der Waals surface area contributed by atoms with E-state index in [-0.39, 0.29) is 17.6 Å². The Labute approximate surface area is 240 Å². The van der Waals surface area contributed by atoms with Crippen LogP contribution >= 0.6 is 0 Å². The summed E-state index contributed by atoms with van der Waals surface area (Å²) in [6.07, 6.45) is -4.12. The molecule has 3 heterocycles. The Balaban J connectivity index is 0.000000303. The molecule has 2 N–H and O–H groups in total. The van der Waals surface area contributed by atoms with Crippen LogP contribution in [0.2, 0.25) is 0 Å². The fourth-order valence-corrected chi connectivity index (χ4v) is 4.76.